The standard InChI is InChI=1S/C37H47NO12/c1-16-11-10-12-17(2)36(46)38-23-15-24(40)26-27(32(23)44)31(43)21(6)34-28(26)35(45)37(8,50-34)48-14-13-25(47-9)18(3)33(49-22(7)39)20(5)30(42)19(4)29(16)41/h10-16,18-20,25,29-30,33,40-44H,1-9H3,(H,38,46)/b11-10?,14-13-,17-12-/t16-,18+,19-,20-,25+,29+,30-,33+,37+/m0/s1. The molecule has 3 aliphatic heterocycles. The van der Waals surface area contributed by atoms with E-state index >= 15 is 0 Å². The van der Waals surface area contributed by atoms with Crippen molar-refractivity contribution in [2.75, 3.05) is 12.4 Å². The Kier molecular flexibility index (Phi) is 11.2. The van der Waals surface area contributed by atoms with Gasteiger partial charge in [-0.3, -0.25) is 14.4 Å². The summed E-state index contributed by atoms with van der Waals surface area (Å²) < 4.78 is 23.2. The minimum atomic E-state index is -1.98. The predicted molar refractivity (Wildman–Crippen MR) is 184 cm³/mol. The van der Waals surface area contributed by atoms with Crippen LogP contribution in [-0.4, -0.2) is 80.5 Å². The van der Waals surface area contributed by atoms with Crippen molar-refractivity contribution in [1.82, 2.24) is 0 Å². The van der Waals surface area contributed by atoms with Crippen molar-refractivity contribution >= 4 is 34.1 Å². The molecular weight excluding hydrogens is 650 g/mol. The number of hydrogen-bond donors (Lipinski definition) is 6. The van der Waals surface area contributed by atoms with Gasteiger partial charge in [0, 0.05) is 67.2 Å². The summed E-state index contributed by atoms with van der Waals surface area (Å²) in [6.07, 6.45) is 3.62. The zero-order valence-electron chi connectivity index (χ0n) is 29.7. The van der Waals surface area contributed by atoms with Gasteiger partial charge in [-0.1, -0.05) is 45.9 Å². The molecule has 0 unspecified atom stereocenters. The third-order valence-corrected chi connectivity index (χ3v) is 9.84. The predicted octanol–water partition coefficient (Wildman–Crippen LogP) is 4.75. The lowest BCUT2D eigenvalue weighted by Crippen LogP contribution is -2.46. The van der Waals surface area contributed by atoms with Gasteiger partial charge in [-0.25, -0.2) is 0 Å². The molecule has 0 aliphatic carbocycles. The number of hydrogen-bond acceptors (Lipinski definition) is 12. The highest BCUT2D eigenvalue weighted by Crippen LogP contribution is 2.53. The maximum atomic E-state index is 13.9. The molecule has 2 aromatic rings. The van der Waals surface area contributed by atoms with E-state index in [1.165, 1.54) is 53.2 Å². The van der Waals surface area contributed by atoms with Crippen molar-refractivity contribution < 1.29 is 58.9 Å². The number of anilines is 1. The van der Waals surface area contributed by atoms with Gasteiger partial charge in [0.25, 0.3) is 11.7 Å². The van der Waals surface area contributed by atoms with E-state index in [4.69, 9.17) is 18.9 Å². The number of carbonyl (C=O) groups excluding carboxylic acids is 3. The summed E-state index contributed by atoms with van der Waals surface area (Å²) in [5.41, 5.74) is -0.0929. The first-order chi connectivity index (χ1) is 23.4. The molecule has 1 amide bonds. The van der Waals surface area contributed by atoms with Crippen LogP contribution < -0.4 is 10.1 Å². The Morgan fingerprint density at radius 3 is 2.22 bits per heavy atom. The van der Waals surface area contributed by atoms with Gasteiger partial charge in [0.05, 0.1) is 41.2 Å². The first-order valence-electron chi connectivity index (χ1n) is 16.4. The van der Waals surface area contributed by atoms with Crippen LogP contribution >= 0.6 is 0 Å². The fourth-order valence-corrected chi connectivity index (χ4v) is 6.65. The van der Waals surface area contributed by atoms with E-state index in [1.54, 1.807) is 39.8 Å². The Labute approximate surface area is 290 Å². The average Bonchev–Trinajstić information content (AvgIpc) is 3.33. The first kappa shape index (κ1) is 38.2. The summed E-state index contributed by atoms with van der Waals surface area (Å²) in [5.74, 6) is -7.99. The number of nitrogens with one attached hydrogen (secondary N) is 1. The molecule has 3 aliphatic rings. The third-order valence-electron chi connectivity index (χ3n) is 9.84. The second-order valence-electron chi connectivity index (χ2n) is 13.4. The average molecular weight is 698 g/mol. The summed E-state index contributed by atoms with van der Waals surface area (Å²) >= 11 is 0. The van der Waals surface area contributed by atoms with Gasteiger partial charge in [0.2, 0.25) is 0 Å². The highest BCUT2D eigenvalue weighted by molar-refractivity contribution is 6.21. The number of methoxy groups -OCH3 is 1. The number of allylic oxidation sites excluding steroid dienone is 2. The van der Waals surface area contributed by atoms with Gasteiger partial charge in [-0.2, -0.15) is 0 Å². The van der Waals surface area contributed by atoms with Crippen LogP contribution in [0.15, 0.2) is 42.2 Å². The van der Waals surface area contributed by atoms with Crippen molar-refractivity contribution in [3.63, 3.8) is 0 Å². The largest absolute Gasteiger partial charge is 0.507 e. The van der Waals surface area contributed by atoms with E-state index in [1.807, 2.05) is 0 Å². The summed E-state index contributed by atoms with van der Waals surface area (Å²) in [6, 6.07) is 1.06. The van der Waals surface area contributed by atoms with Gasteiger partial charge in [0.15, 0.2) is 5.75 Å². The maximum Gasteiger partial charge on any atom is 0.312 e. The molecule has 0 saturated carbocycles. The third kappa shape index (κ3) is 7.03. The minimum Gasteiger partial charge on any atom is -0.507 e. The van der Waals surface area contributed by atoms with Gasteiger partial charge in [-0.05, 0) is 19.9 Å². The number of amides is 1. The van der Waals surface area contributed by atoms with Gasteiger partial charge in [-0.15, -0.1) is 0 Å². The van der Waals surface area contributed by atoms with Crippen LogP contribution in [0.1, 0.15) is 64.4 Å². The molecule has 0 fully saturated rings. The molecule has 0 aromatic heterocycles. The Balaban J connectivity index is 1.87. The molecule has 5 bridgehead atoms. The number of esters is 1. The van der Waals surface area contributed by atoms with Gasteiger partial charge in [0.1, 0.15) is 23.4 Å². The van der Waals surface area contributed by atoms with Crippen molar-refractivity contribution in [1.29, 1.82) is 0 Å². The number of aliphatic hydroxyl groups is 2. The lowest BCUT2D eigenvalue weighted by molar-refractivity contribution is -0.160. The van der Waals surface area contributed by atoms with Crippen LogP contribution in [0, 0.1) is 30.6 Å². The van der Waals surface area contributed by atoms with E-state index < -0.39 is 88.8 Å². The zero-order valence-corrected chi connectivity index (χ0v) is 29.7. The smallest absolute Gasteiger partial charge is 0.312 e. The normalized spacial score (nSPS) is 32.6. The van der Waals surface area contributed by atoms with E-state index in [-0.39, 0.29) is 38.9 Å². The topological polar surface area (TPSA) is 201 Å². The molecule has 0 radical (unpaired) electrons. The Hall–Kier alpha value is -4.59. The number of fused-ring (bicyclic) bond motifs is 14. The summed E-state index contributed by atoms with van der Waals surface area (Å²) in [4.78, 5) is 39.2. The van der Waals surface area contributed by atoms with Crippen molar-refractivity contribution in [3.8, 4) is 23.0 Å². The Morgan fingerprint density at radius 2 is 1.60 bits per heavy atom. The van der Waals surface area contributed by atoms with Crippen LogP contribution in [0.25, 0.3) is 10.8 Å². The Bertz CT molecular complexity index is 1760. The fourth-order valence-electron chi connectivity index (χ4n) is 6.65. The van der Waals surface area contributed by atoms with Crippen LogP contribution in [0.3, 0.4) is 0 Å². The molecule has 50 heavy (non-hydrogen) atoms. The molecule has 13 heteroatoms. The zero-order chi connectivity index (χ0) is 37.4. The number of carbonyl (C=O) groups is 3. The second-order valence-corrected chi connectivity index (χ2v) is 13.4. The summed E-state index contributed by atoms with van der Waals surface area (Å²) in [5, 5.41) is 58.2. The van der Waals surface area contributed by atoms with Gasteiger partial charge < -0.3 is 49.8 Å². The molecule has 13 nitrogen and oxygen atoms in total. The number of rotatable bonds is 2. The van der Waals surface area contributed by atoms with Crippen LogP contribution in [-0.2, 0) is 23.8 Å². The molecule has 2 aromatic carbocycles. The lowest BCUT2D eigenvalue weighted by Gasteiger charge is -2.38. The highest BCUT2D eigenvalue weighted by Gasteiger charge is 2.49. The molecular formula is C37H47NO12. The number of phenolic OH excluding ortho intramolecular Hbond substituents is 3. The fraction of sp³-hybridized carbons (Fsp3) is 0.486. The molecule has 272 valence electrons. The number of phenols is 3. The maximum absolute atomic E-state index is 13.9. The first-order valence-corrected chi connectivity index (χ1v) is 16.4. The number of aromatic hydroxyl groups is 3. The number of benzene rings is 2. The minimum absolute atomic E-state index is 0.0709. The van der Waals surface area contributed by atoms with E-state index in [2.05, 4.69) is 5.32 Å². The summed E-state index contributed by atoms with van der Waals surface area (Å²) in [7, 11) is 1.43. The van der Waals surface area contributed by atoms with Crippen LogP contribution in [0.4, 0.5) is 5.69 Å². The summed E-state index contributed by atoms with van der Waals surface area (Å²) in [6.45, 7) is 12.5. The second kappa shape index (κ2) is 14.7. The van der Waals surface area contributed by atoms with Crippen molar-refractivity contribution in [2.24, 2.45) is 23.7 Å². The van der Waals surface area contributed by atoms with Crippen molar-refractivity contribution in [3.05, 3.63) is 53.3 Å². The Morgan fingerprint density at radius 1 is 0.940 bits per heavy atom. The molecule has 3 heterocycles. The number of ketones is 1. The molecule has 0 saturated heterocycles. The monoisotopic (exact) mass is 697 g/mol. The molecule has 9 atom stereocenters. The number of ether oxygens (including phenoxy) is 4. The van der Waals surface area contributed by atoms with Crippen LogP contribution in [0.5, 0.6) is 23.0 Å². The molecule has 5 rings (SSSR count). The number of Topliss-reactive ketones (excluding diaryl/α,β-unsaturated/α-hetero) is 1. The number of aliphatic hydroxyl groups excluding tert-OH is 2. The van der Waals surface area contributed by atoms with E-state index in [9.17, 15) is 39.9 Å². The van der Waals surface area contributed by atoms with Crippen molar-refractivity contribution in [2.45, 2.75) is 85.6 Å². The quantitative estimate of drug-likeness (QED) is 0.143. The SMILES string of the molecule is CO[C@@H]1/C=C\O[C@]2(C)Oc3c(C)c(O)c4c(O)c(cc(O)c4c3C2=O)NC(=O)/C(C)=C\C=C[C@H](C)[C@@H](O)[C@H](C)[C@H](O)[C@H](C)[C@H](OC(C)=O)[C@@H]1C. The van der Waals surface area contributed by atoms with Gasteiger partial charge >= 0.3 is 11.8 Å². The molecule has 0 spiro atoms. The molecule has 6 N–H and O–H groups in total. The van der Waals surface area contributed by atoms with E-state index in [0.29, 0.717) is 0 Å². The van der Waals surface area contributed by atoms with Crippen LogP contribution in [0.2, 0.25) is 0 Å². The lowest BCUT2D eigenvalue weighted by atomic mass is 9.78. The highest BCUT2D eigenvalue weighted by atomic mass is 16.7. The van der Waals surface area contributed by atoms with E-state index in [0.717, 1.165) is 6.07 Å².